The SMILES string of the molecule is CCCCCCCOC(=S)OC(c1ccc(Cl)cc1)C(Cl)n1ccnc1. The molecule has 0 bridgehead atoms. The lowest BCUT2D eigenvalue weighted by molar-refractivity contribution is 0.100. The van der Waals surface area contributed by atoms with E-state index in [-0.39, 0.29) is 5.24 Å². The van der Waals surface area contributed by atoms with E-state index in [1.54, 1.807) is 35.4 Å². The zero-order chi connectivity index (χ0) is 18.8. The molecule has 7 heteroatoms. The predicted octanol–water partition coefficient (Wildman–Crippen LogP) is 6.30. The van der Waals surface area contributed by atoms with Crippen LogP contribution in [0.1, 0.15) is 56.2 Å². The monoisotopic (exact) mass is 414 g/mol. The van der Waals surface area contributed by atoms with E-state index in [1.165, 1.54) is 19.3 Å². The Labute approximate surface area is 170 Å². The molecule has 0 N–H and O–H groups in total. The third-order valence-electron chi connectivity index (χ3n) is 3.95. The van der Waals surface area contributed by atoms with Gasteiger partial charge in [-0.05, 0) is 24.1 Å². The Morgan fingerprint density at radius 3 is 2.58 bits per heavy atom. The molecule has 4 nitrogen and oxygen atoms in total. The Morgan fingerprint density at radius 1 is 1.19 bits per heavy atom. The van der Waals surface area contributed by atoms with Crippen LogP contribution in [0.2, 0.25) is 5.02 Å². The van der Waals surface area contributed by atoms with Crippen LogP contribution < -0.4 is 0 Å². The van der Waals surface area contributed by atoms with E-state index in [1.807, 2.05) is 12.1 Å². The molecule has 0 saturated carbocycles. The zero-order valence-corrected chi connectivity index (χ0v) is 17.1. The van der Waals surface area contributed by atoms with Crippen molar-refractivity contribution in [3.63, 3.8) is 0 Å². The summed E-state index contributed by atoms with van der Waals surface area (Å²) in [4.78, 5) is 4.04. The molecular formula is C19H24Cl2N2O2S. The van der Waals surface area contributed by atoms with Crippen LogP contribution in [0.25, 0.3) is 0 Å². The van der Waals surface area contributed by atoms with Gasteiger partial charge >= 0.3 is 5.24 Å². The number of hydrogen-bond donors (Lipinski definition) is 0. The van der Waals surface area contributed by atoms with Crippen LogP contribution in [0.4, 0.5) is 0 Å². The Bertz CT molecular complexity index is 650. The number of thiocarbonyl (C=S) groups is 1. The van der Waals surface area contributed by atoms with Gasteiger partial charge in [-0.1, -0.05) is 67.9 Å². The van der Waals surface area contributed by atoms with E-state index in [0.29, 0.717) is 11.6 Å². The molecule has 0 radical (unpaired) electrons. The smallest absolute Gasteiger partial charge is 0.352 e. The maximum atomic E-state index is 6.60. The molecule has 0 saturated heterocycles. The van der Waals surface area contributed by atoms with Crippen molar-refractivity contribution >= 4 is 40.7 Å². The fourth-order valence-electron chi connectivity index (χ4n) is 2.51. The van der Waals surface area contributed by atoms with Gasteiger partial charge in [0.2, 0.25) is 0 Å². The van der Waals surface area contributed by atoms with Gasteiger partial charge in [0.05, 0.1) is 12.9 Å². The van der Waals surface area contributed by atoms with Crippen LogP contribution in [0.15, 0.2) is 43.0 Å². The maximum Gasteiger partial charge on any atom is 0.352 e. The minimum absolute atomic E-state index is 0.103. The number of ether oxygens (including phenoxy) is 2. The van der Waals surface area contributed by atoms with Gasteiger partial charge in [0, 0.05) is 29.6 Å². The Kier molecular flexibility index (Phi) is 9.23. The van der Waals surface area contributed by atoms with Crippen molar-refractivity contribution in [2.75, 3.05) is 6.61 Å². The van der Waals surface area contributed by atoms with E-state index >= 15 is 0 Å². The second-order valence-electron chi connectivity index (χ2n) is 5.99. The van der Waals surface area contributed by atoms with E-state index in [2.05, 4.69) is 11.9 Å². The standard InChI is InChI=1S/C19H24Cl2N2O2S/c1-2-3-4-5-6-13-24-19(26)25-17(15-7-9-16(20)10-8-15)18(21)23-12-11-22-14-23/h7-12,14,17-18H,2-6,13H2,1H3. The molecule has 2 rings (SSSR count). The van der Waals surface area contributed by atoms with E-state index in [4.69, 9.17) is 44.9 Å². The molecule has 2 aromatic rings. The molecule has 2 atom stereocenters. The molecule has 1 heterocycles. The molecule has 0 aliphatic rings. The highest BCUT2D eigenvalue weighted by Gasteiger charge is 2.26. The molecule has 0 amide bonds. The number of rotatable bonds is 10. The number of unbranched alkanes of at least 4 members (excludes halogenated alkanes) is 4. The number of aromatic nitrogens is 2. The summed E-state index contributed by atoms with van der Waals surface area (Å²) in [6.07, 6.45) is 10.3. The first kappa shape index (κ1) is 21.0. The fraction of sp³-hybridized carbons (Fsp3) is 0.474. The van der Waals surface area contributed by atoms with Crippen molar-refractivity contribution in [1.29, 1.82) is 0 Å². The topological polar surface area (TPSA) is 36.3 Å². The summed E-state index contributed by atoms with van der Waals surface area (Å²) in [6.45, 7) is 2.74. The number of halogens is 2. The minimum Gasteiger partial charge on any atom is -0.457 e. The molecular weight excluding hydrogens is 391 g/mol. The highest BCUT2D eigenvalue weighted by Crippen LogP contribution is 2.34. The fourth-order valence-corrected chi connectivity index (χ4v) is 3.13. The number of imidazole rings is 1. The lowest BCUT2D eigenvalue weighted by Crippen LogP contribution is -2.20. The van der Waals surface area contributed by atoms with Gasteiger partial charge in [0.25, 0.3) is 0 Å². The third kappa shape index (κ3) is 6.78. The molecule has 0 spiro atoms. The number of alkyl halides is 1. The second kappa shape index (κ2) is 11.4. The van der Waals surface area contributed by atoms with Gasteiger partial charge in [-0.15, -0.1) is 0 Å². The van der Waals surface area contributed by atoms with Crippen LogP contribution in [-0.2, 0) is 9.47 Å². The van der Waals surface area contributed by atoms with Gasteiger partial charge in [-0.25, -0.2) is 4.98 Å². The van der Waals surface area contributed by atoms with Gasteiger partial charge in [-0.2, -0.15) is 0 Å². The van der Waals surface area contributed by atoms with Crippen LogP contribution >= 0.6 is 35.4 Å². The Hall–Kier alpha value is -1.30. The van der Waals surface area contributed by atoms with Crippen LogP contribution in [-0.4, -0.2) is 21.4 Å². The normalized spacial score (nSPS) is 13.2. The molecule has 2 unspecified atom stereocenters. The molecule has 0 fully saturated rings. The molecule has 142 valence electrons. The predicted molar refractivity (Wildman–Crippen MR) is 110 cm³/mol. The highest BCUT2D eigenvalue weighted by molar-refractivity contribution is 7.79. The Morgan fingerprint density at radius 2 is 1.92 bits per heavy atom. The average Bonchev–Trinajstić information content (AvgIpc) is 3.18. The summed E-state index contributed by atoms with van der Waals surface area (Å²) < 4.78 is 13.2. The molecule has 26 heavy (non-hydrogen) atoms. The first-order valence-corrected chi connectivity index (χ1v) is 10.0. The molecule has 1 aromatic carbocycles. The van der Waals surface area contributed by atoms with Crippen molar-refractivity contribution in [3.05, 3.63) is 53.6 Å². The lowest BCUT2D eigenvalue weighted by atomic mass is 10.1. The molecule has 0 aliphatic heterocycles. The third-order valence-corrected chi connectivity index (χ3v) is 4.87. The van der Waals surface area contributed by atoms with Crippen molar-refractivity contribution in [1.82, 2.24) is 9.55 Å². The number of hydrogen-bond acceptors (Lipinski definition) is 4. The summed E-state index contributed by atoms with van der Waals surface area (Å²) in [5.74, 6) is 0. The summed E-state index contributed by atoms with van der Waals surface area (Å²) in [6, 6.07) is 7.32. The number of nitrogens with zero attached hydrogens (tertiary/aromatic N) is 2. The van der Waals surface area contributed by atoms with E-state index < -0.39 is 11.6 Å². The summed E-state index contributed by atoms with van der Waals surface area (Å²) in [7, 11) is 0. The first-order chi connectivity index (χ1) is 12.6. The van der Waals surface area contributed by atoms with Crippen LogP contribution in [0.3, 0.4) is 0 Å². The minimum atomic E-state index is -0.523. The highest BCUT2D eigenvalue weighted by atomic mass is 35.5. The lowest BCUT2D eigenvalue weighted by Gasteiger charge is -2.25. The molecule has 0 aliphatic carbocycles. The number of benzene rings is 1. The maximum absolute atomic E-state index is 6.60. The summed E-state index contributed by atoms with van der Waals surface area (Å²) in [5.41, 5.74) is 0.335. The zero-order valence-electron chi connectivity index (χ0n) is 14.8. The average molecular weight is 415 g/mol. The van der Waals surface area contributed by atoms with Crippen molar-refractivity contribution in [3.8, 4) is 0 Å². The largest absolute Gasteiger partial charge is 0.457 e. The van der Waals surface area contributed by atoms with E-state index in [0.717, 1.165) is 18.4 Å². The van der Waals surface area contributed by atoms with Gasteiger partial charge in [0.15, 0.2) is 11.6 Å². The van der Waals surface area contributed by atoms with Gasteiger partial charge < -0.3 is 14.0 Å². The summed E-state index contributed by atoms with van der Waals surface area (Å²) in [5, 5.41) is 0.748. The quantitative estimate of drug-likeness (QED) is 0.259. The van der Waals surface area contributed by atoms with Gasteiger partial charge in [-0.3, -0.25) is 0 Å². The van der Waals surface area contributed by atoms with Crippen molar-refractivity contribution in [2.24, 2.45) is 0 Å². The van der Waals surface area contributed by atoms with Gasteiger partial charge in [0.1, 0.15) is 0 Å². The van der Waals surface area contributed by atoms with Crippen molar-refractivity contribution in [2.45, 2.75) is 50.6 Å². The second-order valence-corrected chi connectivity index (χ2v) is 7.20. The van der Waals surface area contributed by atoms with Crippen LogP contribution in [0, 0.1) is 0 Å². The Balaban J connectivity index is 1.95. The summed E-state index contributed by atoms with van der Waals surface area (Å²) >= 11 is 17.8. The van der Waals surface area contributed by atoms with Crippen molar-refractivity contribution < 1.29 is 9.47 Å². The van der Waals surface area contributed by atoms with E-state index in [9.17, 15) is 0 Å². The molecule has 1 aromatic heterocycles. The van der Waals surface area contributed by atoms with Crippen LogP contribution in [0.5, 0.6) is 0 Å². The first-order valence-electron chi connectivity index (χ1n) is 8.82.